The maximum atomic E-state index is 5.52. The van der Waals surface area contributed by atoms with Crippen molar-refractivity contribution in [2.24, 2.45) is 5.73 Å². The van der Waals surface area contributed by atoms with Crippen molar-refractivity contribution in [1.82, 2.24) is 4.37 Å². The molecule has 1 heterocycles. The summed E-state index contributed by atoms with van der Waals surface area (Å²) in [7, 11) is 0. The summed E-state index contributed by atoms with van der Waals surface area (Å²) in [5, 5.41) is 5.79. The second-order valence-electron chi connectivity index (χ2n) is 3.65. The van der Waals surface area contributed by atoms with Gasteiger partial charge < -0.3 is 11.1 Å². The van der Waals surface area contributed by atoms with E-state index in [1.54, 1.807) is 0 Å². The van der Waals surface area contributed by atoms with Crippen LogP contribution in [-0.2, 0) is 0 Å². The number of anilines is 1. The number of nitrogens with two attached hydrogens (primary N) is 1. The summed E-state index contributed by atoms with van der Waals surface area (Å²) in [6, 6.07) is 8.57. The van der Waals surface area contributed by atoms with Crippen molar-refractivity contribution in [2.75, 3.05) is 11.9 Å². The minimum atomic E-state index is 0.402. The predicted octanol–water partition coefficient (Wildman–Crippen LogP) is 2.45. The third kappa shape index (κ3) is 2.27. The molecular weight excluding hydrogens is 206 g/mol. The van der Waals surface area contributed by atoms with Crippen LogP contribution in [0.25, 0.3) is 10.9 Å². The zero-order chi connectivity index (χ0) is 10.7. The molecule has 1 atom stereocenters. The lowest BCUT2D eigenvalue weighted by Crippen LogP contribution is -2.18. The number of nitrogens with one attached hydrogen (secondary N) is 1. The molecule has 0 aliphatic carbocycles. The Labute approximate surface area is 93.5 Å². The summed E-state index contributed by atoms with van der Waals surface area (Å²) >= 11 is 1.52. The van der Waals surface area contributed by atoms with Gasteiger partial charge in [0.2, 0.25) is 0 Å². The van der Waals surface area contributed by atoms with Crippen molar-refractivity contribution in [3.63, 3.8) is 0 Å². The van der Waals surface area contributed by atoms with Crippen LogP contribution < -0.4 is 11.1 Å². The van der Waals surface area contributed by atoms with Crippen LogP contribution in [0.4, 0.5) is 5.00 Å². The Bertz CT molecular complexity index is 438. The van der Waals surface area contributed by atoms with Crippen molar-refractivity contribution >= 4 is 27.4 Å². The number of hydrogen-bond acceptors (Lipinski definition) is 4. The van der Waals surface area contributed by atoms with Crippen molar-refractivity contribution in [1.29, 1.82) is 0 Å². The Balaban J connectivity index is 2.21. The van der Waals surface area contributed by atoms with E-state index in [0.717, 1.165) is 16.9 Å². The quantitative estimate of drug-likeness (QED) is 0.833. The van der Waals surface area contributed by atoms with Gasteiger partial charge in [-0.1, -0.05) is 12.1 Å². The van der Waals surface area contributed by atoms with Gasteiger partial charge in [0.05, 0.1) is 5.52 Å². The van der Waals surface area contributed by atoms with E-state index in [1.807, 2.05) is 18.2 Å². The van der Waals surface area contributed by atoms with E-state index < -0.39 is 0 Å². The molecule has 0 saturated carbocycles. The molecule has 1 unspecified atom stereocenters. The Hall–Kier alpha value is -1.13. The summed E-state index contributed by atoms with van der Waals surface area (Å²) in [5.41, 5.74) is 6.58. The van der Waals surface area contributed by atoms with Gasteiger partial charge in [-0.05, 0) is 43.6 Å². The van der Waals surface area contributed by atoms with Gasteiger partial charge >= 0.3 is 0 Å². The summed E-state index contributed by atoms with van der Waals surface area (Å²) in [4.78, 5) is 0. The van der Waals surface area contributed by atoms with E-state index in [2.05, 4.69) is 22.7 Å². The lowest BCUT2D eigenvalue weighted by molar-refractivity contribution is 0.719. The minimum Gasteiger partial charge on any atom is -0.373 e. The molecular formula is C11H15N3S. The molecule has 0 aliphatic rings. The van der Waals surface area contributed by atoms with Gasteiger partial charge in [-0.25, -0.2) is 0 Å². The number of nitrogens with zero attached hydrogens (tertiary/aromatic N) is 1. The van der Waals surface area contributed by atoms with E-state index in [4.69, 9.17) is 5.73 Å². The lowest BCUT2D eigenvalue weighted by atomic mass is 10.2. The number of rotatable bonds is 4. The van der Waals surface area contributed by atoms with Gasteiger partial charge in [-0.15, -0.1) is 0 Å². The van der Waals surface area contributed by atoms with Crippen molar-refractivity contribution in [3.05, 3.63) is 24.3 Å². The van der Waals surface area contributed by atoms with Crippen LogP contribution in [0.1, 0.15) is 13.3 Å². The molecule has 4 heteroatoms. The van der Waals surface area contributed by atoms with Gasteiger partial charge in [0, 0.05) is 11.4 Å². The standard InChI is InChI=1S/C11H15N3S/c1-8(6-7-12)13-11-9-4-2-3-5-10(9)14-15-11/h2-5,8,13H,6-7,12H2,1H3. The molecule has 80 valence electrons. The zero-order valence-corrected chi connectivity index (χ0v) is 9.55. The molecule has 0 amide bonds. The maximum Gasteiger partial charge on any atom is 0.117 e. The first-order chi connectivity index (χ1) is 7.31. The third-order valence-corrected chi connectivity index (χ3v) is 3.17. The van der Waals surface area contributed by atoms with Crippen LogP contribution in [0.3, 0.4) is 0 Å². The SMILES string of the molecule is CC(CCN)Nc1snc2ccccc12. The number of fused-ring (bicyclic) bond motifs is 1. The Morgan fingerprint density at radius 2 is 2.27 bits per heavy atom. The van der Waals surface area contributed by atoms with E-state index in [1.165, 1.54) is 16.9 Å². The Morgan fingerprint density at radius 3 is 3.07 bits per heavy atom. The van der Waals surface area contributed by atoms with Gasteiger partial charge in [0.25, 0.3) is 0 Å². The van der Waals surface area contributed by atoms with Gasteiger partial charge in [-0.2, -0.15) is 4.37 Å². The van der Waals surface area contributed by atoms with Gasteiger partial charge in [0.15, 0.2) is 0 Å². The monoisotopic (exact) mass is 221 g/mol. The highest BCUT2D eigenvalue weighted by atomic mass is 32.1. The number of hydrogen-bond donors (Lipinski definition) is 2. The summed E-state index contributed by atoms with van der Waals surface area (Å²) < 4.78 is 4.38. The van der Waals surface area contributed by atoms with Crippen molar-refractivity contribution < 1.29 is 0 Å². The molecule has 0 bridgehead atoms. The van der Waals surface area contributed by atoms with Crippen LogP contribution in [-0.4, -0.2) is 17.0 Å². The fourth-order valence-electron chi connectivity index (χ4n) is 1.54. The van der Waals surface area contributed by atoms with Crippen molar-refractivity contribution in [3.8, 4) is 0 Å². The minimum absolute atomic E-state index is 0.402. The second-order valence-corrected chi connectivity index (χ2v) is 4.42. The molecule has 2 aromatic rings. The topological polar surface area (TPSA) is 50.9 Å². The largest absolute Gasteiger partial charge is 0.373 e. The molecule has 0 saturated heterocycles. The molecule has 0 fully saturated rings. The summed E-state index contributed by atoms with van der Waals surface area (Å²) in [5.74, 6) is 0. The fourth-order valence-corrected chi connectivity index (χ4v) is 2.41. The van der Waals surface area contributed by atoms with E-state index in [0.29, 0.717) is 12.6 Å². The summed E-state index contributed by atoms with van der Waals surface area (Å²) in [6.07, 6.45) is 0.978. The molecule has 0 aliphatic heterocycles. The van der Waals surface area contributed by atoms with E-state index in [-0.39, 0.29) is 0 Å². The van der Waals surface area contributed by atoms with E-state index >= 15 is 0 Å². The smallest absolute Gasteiger partial charge is 0.117 e. The Kier molecular flexibility index (Phi) is 3.18. The molecule has 15 heavy (non-hydrogen) atoms. The first-order valence-electron chi connectivity index (χ1n) is 5.12. The van der Waals surface area contributed by atoms with Crippen LogP contribution >= 0.6 is 11.5 Å². The van der Waals surface area contributed by atoms with Crippen LogP contribution in [0.15, 0.2) is 24.3 Å². The molecule has 0 radical (unpaired) electrons. The fraction of sp³-hybridized carbons (Fsp3) is 0.364. The van der Waals surface area contributed by atoms with E-state index in [9.17, 15) is 0 Å². The first kappa shape index (κ1) is 10.4. The molecule has 2 rings (SSSR count). The van der Waals surface area contributed by atoms with Gasteiger partial charge in [-0.3, -0.25) is 0 Å². The zero-order valence-electron chi connectivity index (χ0n) is 8.73. The highest BCUT2D eigenvalue weighted by molar-refractivity contribution is 7.11. The summed E-state index contributed by atoms with van der Waals surface area (Å²) in [6.45, 7) is 2.85. The average Bonchev–Trinajstić information content (AvgIpc) is 2.62. The van der Waals surface area contributed by atoms with Crippen LogP contribution in [0.2, 0.25) is 0 Å². The Morgan fingerprint density at radius 1 is 1.47 bits per heavy atom. The third-order valence-electron chi connectivity index (χ3n) is 2.36. The molecule has 0 spiro atoms. The van der Waals surface area contributed by atoms with Gasteiger partial charge in [0.1, 0.15) is 5.00 Å². The molecule has 1 aromatic carbocycles. The second kappa shape index (κ2) is 4.59. The highest BCUT2D eigenvalue weighted by Gasteiger charge is 2.07. The molecule has 3 nitrogen and oxygen atoms in total. The lowest BCUT2D eigenvalue weighted by Gasteiger charge is -2.11. The predicted molar refractivity (Wildman–Crippen MR) is 66.4 cm³/mol. The van der Waals surface area contributed by atoms with Crippen LogP contribution in [0.5, 0.6) is 0 Å². The highest BCUT2D eigenvalue weighted by Crippen LogP contribution is 2.27. The number of aromatic nitrogens is 1. The number of benzene rings is 1. The first-order valence-corrected chi connectivity index (χ1v) is 5.89. The normalized spacial score (nSPS) is 12.9. The maximum absolute atomic E-state index is 5.52. The van der Waals surface area contributed by atoms with Crippen molar-refractivity contribution in [2.45, 2.75) is 19.4 Å². The molecule has 1 aromatic heterocycles. The average molecular weight is 221 g/mol. The molecule has 3 N–H and O–H groups in total. The van der Waals surface area contributed by atoms with Crippen LogP contribution in [0, 0.1) is 0 Å².